The lowest BCUT2D eigenvalue weighted by Crippen LogP contribution is -2.02. The molecule has 0 aliphatic carbocycles. The van der Waals surface area contributed by atoms with Crippen LogP contribution in [0.3, 0.4) is 0 Å². The highest BCUT2D eigenvalue weighted by molar-refractivity contribution is 6.41. The molecule has 0 saturated heterocycles. The second-order valence-electron chi connectivity index (χ2n) is 2.00. The summed E-state index contributed by atoms with van der Waals surface area (Å²) in [6.07, 6.45) is 3.84. The fourth-order valence-corrected chi connectivity index (χ4v) is 0.873. The van der Waals surface area contributed by atoms with Crippen LogP contribution in [0.4, 0.5) is 0 Å². The van der Waals surface area contributed by atoms with Crippen LogP contribution in [0.15, 0.2) is 34.0 Å². The van der Waals surface area contributed by atoms with Gasteiger partial charge in [-0.1, -0.05) is 34.8 Å². The molecular formula is C8H7Cl3O3. The zero-order chi connectivity index (χ0) is 11.0. The minimum absolute atomic E-state index is 0.203. The molecule has 0 saturated carbocycles. The number of carboxylic acids is 1. The number of ether oxygens (including phenoxy) is 1. The molecule has 78 valence electrons. The van der Waals surface area contributed by atoms with Crippen LogP contribution in [-0.4, -0.2) is 17.7 Å². The lowest BCUT2D eigenvalue weighted by molar-refractivity contribution is -0.140. The summed E-state index contributed by atoms with van der Waals surface area (Å²) in [6.45, 7) is -0.427. The van der Waals surface area contributed by atoms with Crippen molar-refractivity contribution in [2.45, 2.75) is 0 Å². The molecule has 0 amide bonds. The lowest BCUT2D eigenvalue weighted by atomic mass is 10.4. The van der Waals surface area contributed by atoms with E-state index in [0.29, 0.717) is 0 Å². The van der Waals surface area contributed by atoms with Crippen molar-refractivity contribution < 1.29 is 14.6 Å². The first kappa shape index (κ1) is 13.4. The number of rotatable bonds is 5. The summed E-state index contributed by atoms with van der Waals surface area (Å²) in [5.74, 6) is -1.07. The van der Waals surface area contributed by atoms with Gasteiger partial charge in [0.05, 0.1) is 16.3 Å². The zero-order valence-corrected chi connectivity index (χ0v) is 9.18. The Bertz CT molecular complexity index is 282. The summed E-state index contributed by atoms with van der Waals surface area (Å²) in [5.41, 5.74) is 1.21. The Hall–Kier alpha value is -0.640. The maximum atomic E-state index is 10.0. The van der Waals surface area contributed by atoms with Gasteiger partial charge >= 0.3 is 5.97 Å². The van der Waals surface area contributed by atoms with Crippen molar-refractivity contribution in [3.8, 4) is 0 Å². The van der Waals surface area contributed by atoms with E-state index in [1.54, 1.807) is 0 Å². The minimum atomic E-state index is -1.07. The van der Waals surface area contributed by atoms with Gasteiger partial charge in [0.15, 0.2) is 6.61 Å². The zero-order valence-electron chi connectivity index (χ0n) is 6.91. The fourth-order valence-electron chi connectivity index (χ4n) is 0.442. The average molecular weight is 258 g/mol. The van der Waals surface area contributed by atoms with E-state index in [-0.39, 0.29) is 10.1 Å². The van der Waals surface area contributed by atoms with Crippen LogP contribution >= 0.6 is 34.8 Å². The van der Waals surface area contributed by atoms with E-state index in [2.05, 4.69) is 4.74 Å². The Morgan fingerprint density at radius 2 is 1.86 bits per heavy atom. The molecule has 0 spiro atoms. The number of carboxylic acid groups (broad SMARTS) is 1. The Balaban J connectivity index is 4.10. The molecule has 0 aromatic carbocycles. The van der Waals surface area contributed by atoms with Crippen LogP contribution < -0.4 is 0 Å². The van der Waals surface area contributed by atoms with E-state index in [0.717, 1.165) is 6.26 Å². The van der Waals surface area contributed by atoms with E-state index < -0.39 is 12.6 Å². The molecule has 0 fully saturated rings. The highest BCUT2D eigenvalue weighted by Gasteiger charge is 1.95. The molecule has 0 aliphatic heterocycles. The van der Waals surface area contributed by atoms with Crippen molar-refractivity contribution in [3.05, 3.63) is 34.0 Å². The molecule has 0 atom stereocenters. The first-order valence-corrected chi connectivity index (χ1v) is 4.59. The molecule has 0 rings (SSSR count). The van der Waals surface area contributed by atoms with Gasteiger partial charge in [-0.05, 0) is 12.2 Å². The molecule has 0 bridgehead atoms. The molecule has 0 heterocycles. The topological polar surface area (TPSA) is 46.5 Å². The number of halogens is 3. The van der Waals surface area contributed by atoms with E-state index in [1.165, 1.54) is 17.7 Å². The largest absolute Gasteiger partial charge is 0.489 e. The summed E-state index contributed by atoms with van der Waals surface area (Å²) in [6, 6.07) is 0. The van der Waals surface area contributed by atoms with Crippen LogP contribution in [0.5, 0.6) is 0 Å². The van der Waals surface area contributed by atoms with Gasteiger partial charge in [0, 0.05) is 5.54 Å². The van der Waals surface area contributed by atoms with Gasteiger partial charge in [-0.2, -0.15) is 0 Å². The van der Waals surface area contributed by atoms with Crippen molar-refractivity contribution in [1.82, 2.24) is 0 Å². The summed E-state index contributed by atoms with van der Waals surface area (Å²) >= 11 is 16.5. The van der Waals surface area contributed by atoms with Gasteiger partial charge in [-0.15, -0.1) is 0 Å². The number of hydrogen-bond acceptors (Lipinski definition) is 2. The monoisotopic (exact) mass is 256 g/mol. The van der Waals surface area contributed by atoms with Gasteiger partial charge in [-0.3, -0.25) is 0 Å². The quantitative estimate of drug-likeness (QED) is 0.608. The first-order chi connectivity index (χ1) is 6.57. The van der Waals surface area contributed by atoms with E-state index in [9.17, 15) is 4.79 Å². The van der Waals surface area contributed by atoms with Crippen molar-refractivity contribution in [2.75, 3.05) is 6.61 Å². The molecule has 0 aromatic rings. The minimum Gasteiger partial charge on any atom is -0.489 e. The van der Waals surface area contributed by atoms with Gasteiger partial charge in [0.1, 0.15) is 0 Å². The molecule has 14 heavy (non-hydrogen) atoms. The second-order valence-corrected chi connectivity index (χ2v) is 3.06. The number of allylic oxidation sites excluding steroid dienone is 4. The number of hydrogen-bond donors (Lipinski definition) is 1. The predicted molar refractivity (Wildman–Crippen MR) is 56.5 cm³/mol. The lowest BCUT2D eigenvalue weighted by Gasteiger charge is -1.94. The van der Waals surface area contributed by atoms with E-state index in [4.69, 9.17) is 39.9 Å². The predicted octanol–water partition coefficient (Wildman–Crippen LogP) is 3.04. The third-order valence-electron chi connectivity index (χ3n) is 0.955. The van der Waals surface area contributed by atoms with E-state index >= 15 is 0 Å². The van der Waals surface area contributed by atoms with Gasteiger partial charge < -0.3 is 9.84 Å². The molecule has 0 aromatic heterocycles. The van der Waals surface area contributed by atoms with Crippen LogP contribution in [-0.2, 0) is 9.53 Å². The first-order valence-electron chi connectivity index (χ1n) is 3.40. The van der Waals surface area contributed by atoms with Crippen LogP contribution in [0.25, 0.3) is 0 Å². The summed E-state index contributed by atoms with van der Waals surface area (Å²) < 4.78 is 4.58. The standard InChI is InChI=1S/C8H7Cl3O3/c9-3-1-6(10)7(11)2-4-14-5-8(12)13/h1-4H,5H2,(H,12,13)/b3-1+,4-2+,7-6-. The van der Waals surface area contributed by atoms with Crippen LogP contribution in [0.2, 0.25) is 0 Å². The number of aliphatic carboxylic acids is 1. The van der Waals surface area contributed by atoms with Gasteiger partial charge in [-0.25, -0.2) is 4.79 Å². The second kappa shape index (κ2) is 7.74. The fraction of sp³-hybridized carbons (Fsp3) is 0.125. The average Bonchev–Trinajstić information content (AvgIpc) is 2.12. The van der Waals surface area contributed by atoms with Gasteiger partial charge in [0.2, 0.25) is 0 Å². The molecule has 0 aliphatic rings. The van der Waals surface area contributed by atoms with E-state index in [1.807, 2.05) is 0 Å². The summed E-state index contributed by atoms with van der Waals surface area (Å²) in [5, 5.41) is 8.65. The van der Waals surface area contributed by atoms with Crippen molar-refractivity contribution in [2.24, 2.45) is 0 Å². The van der Waals surface area contributed by atoms with Crippen molar-refractivity contribution in [1.29, 1.82) is 0 Å². The Morgan fingerprint density at radius 1 is 1.29 bits per heavy atom. The highest BCUT2D eigenvalue weighted by Crippen LogP contribution is 2.16. The molecule has 0 radical (unpaired) electrons. The SMILES string of the molecule is O=C(O)CO/C=C/C(Cl)=C(Cl)\C=C\Cl. The molecule has 6 heteroatoms. The maximum absolute atomic E-state index is 10.0. The molecule has 1 N–H and O–H groups in total. The Labute approximate surface area is 96.2 Å². The maximum Gasteiger partial charge on any atom is 0.341 e. The smallest absolute Gasteiger partial charge is 0.341 e. The van der Waals surface area contributed by atoms with Crippen LogP contribution in [0.1, 0.15) is 0 Å². The normalized spacial score (nSPS) is 13.4. The number of carbonyl (C=O) groups is 1. The van der Waals surface area contributed by atoms with Gasteiger partial charge in [0.25, 0.3) is 0 Å². The highest BCUT2D eigenvalue weighted by atomic mass is 35.5. The van der Waals surface area contributed by atoms with Crippen molar-refractivity contribution in [3.63, 3.8) is 0 Å². The van der Waals surface area contributed by atoms with Crippen molar-refractivity contribution >= 4 is 40.8 Å². The van der Waals surface area contributed by atoms with Crippen LogP contribution in [0, 0.1) is 0 Å². The third kappa shape index (κ3) is 6.83. The Morgan fingerprint density at radius 3 is 2.36 bits per heavy atom. The Kier molecular flexibility index (Phi) is 7.38. The third-order valence-corrected chi connectivity index (χ3v) is 1.84. The summed E-state index contributed by atoms with van der Waals surface area (Å²) in [4.78, 5) is 10.0. The molecule has 0 unspecified atom stereocenters. The molecule has 3 nitrogen and oxygen atoms in total. The molecular weight excluding hydrogens is 250 g/mol. The summed E-state index contributed by atoms with van der Waals surface area (Å²) in [7, 11) is 0.